The zero-order valence-electron chi connectivity index (χ0n) is 9.44. The predicted octanol–water partition coefficient (Wildman–Crippen LogP) is 1.30. The van der Waals surface area contributed by atoms with E-state index in [0.717, 1.165) is 25.2 Å². The molecular weight excluding hydrogens is 190 g/mol. The Balaban J connectivity index is 1.98. The average Bonchev–Trinajstić information content (AvgIpc) is 2.73. The van der Waals surface area contributed by atoms with Gasteiger partial charge in [0.15, 0.2) is 0 Å². The molecule has 1 aliphatic rings. The van der Waals surface area contributed by atoms with Gasteiger partial charge in [-0.1, -0.05) is 0 Å². The maximum absolute atomic E-state index is 5.93. The highest BCUT2D eigenvalue weighted by atomic mass is 16.5. The molecule has 2 heterocycles. The number of nitrogens with two attached hydrogens (primary N) is 1. The first-order valence-corrected chi connectivity index (χ1v) is 5.48. The van der Waals surface area contributed by atoms with E-state index >= 15 is 0 Å². The van der Waals surface area contributed by atoms with Crippen LogP contribution >= 0.6 is 0 Å². The number of imidazole rings is 1. The molecule has 1 unspecified atom stereocenters. The molecule has 1 aromatic heterocycles. The standard InChI is InChI=1S/C11H19N3O/c1-11(2)4-3-9(15-11)8-14-6-5-13-10(14)7-12/h5-6,9H,3-4,7-8,12H2,1-2H3. The number of nitrogens with zero attached hydrogens (tertiary/aromatic N) is 2. The summed E-state index contributed by atoms with van der Waals surface area (Å²) in [7, 11) is 0. The number of hydrogen-bond donors (Lipinski definition) is 1. The fraction of sp³-hybridized carbons (Fsp3) is 0.727. The maximum atomic E-state index is 5.93. The third kappa shape index (κ3) is 2.38. The van der Waals surface area contributed by atoms with Crippen LogP contribution in [0.3, 0.4) is 0 Å². The van der Waals surface area contributed by atoms with E-state index in [1.165, 1.54) is 0 Å². The van der Waals surface area contributed by atoms with Gasteiger partial charge in [0.25, 0.3) is 0 Å². The van der Waals surface area contributed by atoms with E-state index in [-0.39, 0.29) is 5.60 Å². The summed E-state index contributed by atoms with van der Waals surface area (Å²) < 4.78 is 8.02. The second kappa shape index (κ2) is 3.94. The Labute approximate surface area is 90.4 Å². The lowest BCUT2D eigenvalue weighted by Gasteiger charge is -2.20. The SMILES string of the molecule is CC1(C)CCC(Cn2ccnc2CN)O1. The molecule has 0 aromatic carbocycles. The van der Waals surface area contributed by atoms with Crippen molar-refractivity contribution in [1.29, 1.82) is 0 Å². The zero-order valence-corrected chi connectivity index (χ0v) is 9.44. The van der Waals surface area contributed by atoms with Gasteiger partial charge >= 0.3 is 0 Å². The topological polar surface area (TPSA) is 53.1 Å². The molecule has 15 heavy (non-hydrogen) atoms. The highest BCUT2D eigenvalue weighted by molar-refractivity contribution is 4.93. The van der Waals surface area contributed by atoms with Crippen molar-refractivity contribution >= 4 is 0 Å². The molecule has 0 spiro atoms. The Morgan fingerprint density at radius 2 is 2.47 bits per heavy atom. The molecule has 0 aliphatic carbocycles. The van der Waals surface area contributed by atoms with Gasteiger partial charge in [0.05, 0.1) is 24.8 Å². The number of aromatic nitrogens is 2. The smallest absolute Gasteiger partial charge is 0.122 e. The van der Waals surface area contributed by atoms with Gasteiger partial charge in [-0.2, -0.15) is 0 Å². The summed E-state index contributed by atoms with van der Waals surface area (Å²) >= 11 is 0. The lowest BCUT2D eigenvalue weighted by Crippen LogP contribution is -2.23. The average molecular weight is 209 g/mol. The van der Waals surface area contributed by atoms with Crippen LogP contribution in [0.5, 0.6) is 0 Å². The quantitative estimate of drug-likeness (QED) is 0.816. The number of rotatable bonds is 3. The summed E-state index contributed by atoms with van der Waals surface area (Å²) in [5, 5.41) is 0. The van der Waals surface area contributed by atoms with E-state index in [2.05, 4.69) is 23.4 Å². The number of ether oxygens (including phenoxy) is 1. The van der Waals surface area contributed by atoms with Gasteiger partial charge in [-0.25, -0.2) is 4.98 Å². The van der Waals surface area contributed by atoms with E-state index in [1.807, 2.05) is 6.20 Å². The first-order valence-electron chi connectivity index (χ1n) is 5.48. The predicted molar refractivity (Wildman–Crippen MR) is 58.3 cm³/mol. The molecule has 0 radical (unpaired) electrons. The minimum atomic E-state index is 0.0358. The second-order valence-corrected chi connectivity index (χ2v) is 4.74. The highest BCUT2D eigenvalue weighted by Crippen LogP contribution is 2.30. The molecule has 4 nitrogen and oxygen atoms in total. The molecule has 1 atom stereocenters. The van der Waals surface area contributed by atoms with Crippen LogP contribution < -0.4 is 5.73 Å². The lowest BCUT2D eigenvalue weighted by atomic mass is 10.1. The monoisotopic (exact) mass is 209 g/mol. The Morgan fingerprint density at radius 3 is 3.07 bits per heavy atom. The number of hydrogen-bond acceptors (Lipinski definition) is 3. The Kier molecular flexibility index (Phi) is 2.80. The van der Waals surface area contributed by atoms with Crippen molar-refractivity contribution in [3.8, 4) is 0 Å². The van der Waals surface area contributed by atoms with Crippen molar-refractivity contribution in [1.82, 2.24) is 9.55 Å². The Bertz CT molecular complexity index is 332. The van der Waals surface area contributed by atoms with Crippen molar-refractivity contribution in [2.75, 3.05) is 0 Å². The van der Waals surface area contributed by atoms with Crippen LogP contribution in [0.1, 0.15) is 32.5 Å². The van der Waals surface area contributed by atoms with Gasteiger partial charge in [-0.05, 0) is 26.7 Å². The van der Waals surface area contributed by atoms with Gasteiger partial charge in [0.2, 0.25) is 0 Å². The summed E-state index contributed by atoms with van der Waals surface area (Å²) in [6.45, 7) is 5.65. The minimum Gasteiger partial charge on any atom is -0.370 e. The third-order valence-corrected chi connectivity index (χ3v) is 2.94. The van der Waals surface area contributed by atoms with Gasteiger partial charge in [-0.15, -0.1) is 0 Å². The molecule has 1 aliphatic heterocycles. The summed E-state index contributed by atoms with van der Waals surface area (Å²) in [5.41, 5.74) is 5.63. The molecule has 2 N–H and O–H groups in total. The van der Waals surface area contributed by atoms with E-state index in [4.69, 9.17) is 10.5 Å². The molecule has 1 aromatic rings. The molecule has 84 valence electrons. The minimum absolute atomic E-state index is 0.0358. The second-order valence-electron chi connectivity index (χ2n) is 4.74. The Hall–Kier alpha value is -0.870. The maximum Gasteiger partial charge on any atom is 0.122 e. The summed E-state index contributed by atoms with van der Waals surface area (Å²) in [6, 6.07) is 0. The van der Waals surface area contributed by atoms with Crippen molar-refractivity contribution in [3.63, 3.8) is 0 Å². The van der Waals surface area contributed by atoms with Crippen LogP contribution in [0.25, 0.3) is 0 Å². The molecular formula is C11H19N3O. The first-order chi connectivity index (χ1) is 7.11. The summed E-state index contributed by atoms with van der Waals surface area (Å²) in [5.74, 6) is 0.934. The van der Waals surface area contributed by atoms with Gasteiger partial charge < -0.3 is 15.0 Å². The normalized spacial score (nSPS) is 24.6. The fourth-order valence-corrected chi connectivity index (χ4v) is 2.12. The summed E-state index contributed by atoms with van der Waals surface area (Å²) in [4.78, 5) is 4.20. The van der Waals surface area contributed by atoms with Gasteiger partial charge in [0.1, 0.15) is 5.82 Å². The van der Waals surface area contributed by atoms with Crippen molar-refractivity contribution in [2.45, 2.75) is 51.5 Å². The molecule has 0 saturated carbocycles. The molecule has 2 rings (SSSR count). The fourth-order valence-electron chi connectivity index (χ4n) is 2.12. The van der Waals surface area contributed by atoms with Gasteiger partial charge in [-0.3, -0.25) is 0 Å². The molecule has 1 fully saturated rings. The molecule has 1 saturated heterocycles. The molecule has 4 heteroatoms. The van der Waals surface area contributed by atoms with E-state index < -0.39 is 0 Å². The van der Waals surface area contributed by atoms with E-state index in [0.29, 0.717) is 12.6 Å². The van der Waals surface area contributed by atoms with Crippen molar-refractivity contribution < 1.29 is 4.74 Å². The molecule has 0 bridgehead atoms. The van der Waals surface area contributed by atoms with Gasteiger partial charge in [0, 0.05) is 12.4 Å². The van der Waals surface area contributed by atoms with Crippen LogP contribution in [0.4, 0.5) is 0 Å². The van der Waals surface area contributed by atoms with Crippen molar-refractivity contribution in [2.24, 2.45) is 5.73 Å². The third-order valence-electron chi connectivity index (χ3n) is 2.94. The van der Waals surface area contributed by atoms with Crippen LogP contribution in [-0.2, 0) is 17.8 Å². The van der Waals surface area contributed by atoms with Crippen LogP contribution in [0.15, 0.2) is 12.4 Å². The van der Waals surface area contributed by atoms with Crippen LogP contribution in [0.2, 0.25) is 0 Å². The lowest BCUT2D eigenvalue weighted by molar-refractivity contribution is -0.0219. The summed E-state index contributed by atoms with van der Waals surface area (Å²) in [6.07, 6.45) is 6.32. The zero-order chi connectivity index (χ0) is 10.9. The van der Waals surface area contributed by atoms with E-state index in [1.54, 1.807) is 6.20 Å². The highest BCUT2D eigenvalue weighted by Gasteiger charge is 2.31. The largest absolute Gasteiger partial charge is 0.370 e. The van der Waals surface area contributed by atoms with Crippen LogP contribution in [-0.4, -0.2) is 21.3 Å². The van der Waals surface area contributed by atoms with Crippen molar-refractivity contribution in [3.05, 3.63) is 18.2 Å². The Morgan fingerprint density at radius 1 is 1.67 bits per heavy atom. The molecule has 0 amide bonds. The van der Waals surface area contributed by atoms with Crippen LogP contribution in [0, 0.1) is 0 Å². The first kappa shape index (κ1) is 10.6. The van der Waals surface area contributed by atoms with E-state index in [9.17, 15) is 0 Å².